The molecule has 0 saturated heterocycles. The highest BCUT2D eigenvalue weighted by atomic mass is 16.4. The van der Waals surface area contributed by atoms with Crippen molar-refractivity contribution in [3.05, 3.63) is 0 Å². The van der Waals surface area contributed by atoms with Gasteiger partial charge in [-0.3, -0.25) is 9.59 Å². The molecular formula is C6H14N2O4. The maximum Gasteiger partial charge on any atom is 0.320 e. The van der Waals surface area contributed by atoms with Crippen LogP contribution in [0.15, 0.2) is 0 Å². The van der Waals surface area contributed by atoms with Crippen molar-refractivity contribution in [1.82, 2.24) is 0 Å². The zero-order valence-electron chi connectivity index (χ0n) is 7.02. The third-order valence-corrected chi connectivity index (χ3v) is 0.779. The minimum atomic E-state index is -0.963. The van der Waals surface area contributed by atoms with Crippen molar-refractivity contribution in [2.75, 3.05) is 0 Å². The Bertz CT molecular complexity index is 138. The first-order valence-electron chi connectivity index (χ1n) is 3.25. The monoisotopic (exact) mass is 178 g/mol. The molecule has 6 N–H and O–H groups in total. The maximum absolute atomic E-state index is 9.57. The van der Waals surface area contributed by atoms with Crippen LogP contribution in [0, 0.1) is 0 Å². The van der Waals surface area contributed by atoms with Crippen molar-refractivity contribution < 1.29 is 19.8 Å². The van der Waals surface area contributed by atoms with Crippen LogP contribution in [0.25, 0.3) is 0 Å². The topological polar surface area (TPSA) is 127 Å². The van der Waals surface area contributed by atoms with Crippen LogP contribution in [-0.2, 0) is 9.59 Å². The second-order valence-corrected chi connectivity index (χ2v) is 2.25. The minimum Gasteiger partial charge on any atom is -0.480 e. The van der Waals surface area contributed by atoms with Crippen molar-refractivity contribution in [2.45, 2.75) is 25.9 Å². The number of hydrogen-bond donors (Lipinski definition) is 4. The van der Waals surface area contributed by atoms with Crippen LogP contribution < -0.4 is 11.5 Å². The molecule has 72 valence electrons. The fourth-order valence-corrected chi connectivity index (χ4v) is 0. The first kappa shape index (κ1) is 13.4. The van der Waals surface area contributed by atoms with Crippen molar-refractivity contribution >= 4 is 11.9 Å². The Morgan fingerprint density at radius 2 is 1.08 bits per heavy atom. The molecule has 0 aromatic carbocycles. The van der Waals surface area contributed by atoms with Crippen LogP contribution in [0.4, 0.5) is 0 Å². The molecule has 2 unspecified atom stereocenters. The lowest BCUT2D eigenvalue weighted by atomic mass is 10.4. The van der Waals surface area contributed by atoms with E-state index in [4.69, 9.17) is 21.7 Å². The van der Waals surface area contributed by atoms with Crippen molar-refractivity contribution in [2.24, 2.45) is 11.5 Å². The highest BCUT2D eigenvalue weighted by Gasteiger charge is 2.00. The zero-order valence-corrected chi connectivity index (χ0v) is 7.02. The lowest BCUT2D eigenvalue weighted by Gasteiger charge is -1.90. The minimum absolute atomic E-state index is 0.731. The largest absolute Gasteiger partial charge is 0.480 e. The van der Waals surface area contributed by atoms with Crippen LogP contribution in [0.5, 0.6) is 0 Å². The quantitative estimate of drug-likeness (QED) is 0.422. The van der Waals surface area contributed by atoms with Gasteiger partial charge in [0.15, 0.2) is 0 Å². The van der Waals surface area contributed by atoms with Gasteiger partial charge in [-0.05, 0) is 13.8 Å². The molecular weight excluding hydrogens is 164 g/mol. The molecule has 0 amide bonds. The molecule has 2 atom stereocenters. The van der Waals surface area contributed by atoms with Gasteiger partial charge in [-0.15, -0.1) is 0 Å². The average Bonchev–Trinajstić information content (AvgIpc) is 1.88. The summed E-state index contributed by atoms with van der Waals surface area (Å²) in [6.45, 7) is 2.84. The number of carbonyl (C=O) groups is 2. The van der Waals surface area contributed by atoms with E-state index in [-0.39, 0.29) is 0 Å². The van der Waals surface area contributed by atoms with Gasteiger partial charge in [0.25, 0.3) is 0 Å². The molecule has 0 aliphatic carbocycles. The van der Waals surface area contributed by atoms with Crippen LogP contribution in [-0.4, -0.2) is 34.2 Å². The number of carboxylic acid groups (broad SMARTS) is 2. The van der Waals surface area contributed by atoms with E-state index in [1.165, 1.54) is 13.8 Å². The molecule has 0 rings (SSSR count). The van der Waals surface area contributed by atoms with Gasteiger partial charge in [0.05, 0.1) is 0 Å². The van der Waals surface area contributed by atoms with Gasteiger partial charge in [0.2, 0.25) is 0 Å². The predicted molar refractivity (Wildman–Crippen MR) is 42.6 cm³/mol. The van der Waals surface area contributed by atoms with Crippen LogP contribution >= 0.6 is 0 Å². The summed E-state index contributed by atoms with van der Waals surface area (Å²) in [5.41, 5.74) is 9.67. The second-order valence-electron chi connectivity index (χ2n) is 2.25. The van der Waals surface area contributed by atoms with Crippen LogP contribution in [0.3, 0.4) is 0 Å². The Morgan fingerprint density at radius 3 is 1.08 bits per heavy atom. The summed E-state index contributed by atoms with van der Waals surface area (Å²) in [5, 5.41) is 15.7. The summed E-state index contributed by atoms with van der Waals surface area (Å²) in [6.07, 6.45) is 0. The van der Waals surface area contributed by atoms with E-state index in [1.54, 1.807) is 0 Å². The highest BCUT2D eigenvalue weighted by Crippen LogP contribution is 1.68. The SMILES string of the molecule is CC(N)C(=O)O.CC(N)C(=O)O. The van der Waals surface area contributed by atoms with E-state index in [1.807, 2.05) is 0 Å². The third-order valence-electron chi connectivity index (χ3n) is 0.779. The molecule has 0 saturated carbocycles. The molecule has 0 aromatic heterocycles. The average molecular weight is 178 g/mol. The maximum atomic E-state index is 9.57. The van der Waals surface area contributed by atoms with Gasteiger partial charge < -0.3 is 21.7 Å². The molecule has 0 heterocycles. The van der Waals surface area contributed by atoms with Gasteiger partial charge >= 0.3 is 11.9 Å². The Hall–Kier alpha value is -1.14. The van der Waals surface area contributed by atoms with Gasteiger partial charge in [-0.1, -0.05) is 0 Å². The standard InChI is InChI=1S/2C3H7NO2/c2*1-2(4)3(5)6/h2*2H,4H2,1H3,(H,5,6). The first-order chi connectivity index (χ1) is 5.29. The third kappa shape index (κ3) is 11.6. The van der Waals surface area contributed by atoms with E-state index in [9.17, 15) is 9.59 Å². The fraction of sp³-hybridized carbons (Fsp3) is 0.667. The zero-order chi connectivity index (χ0) is 10.3. The smallest absolute Gasteiger partial charge is 0.320 e. The van der Waals surface area contributed by atoms with Gasteiger partial charge in [0, 0.05) is 0 Å². The summed E-state index contributed by atoms with van der Waals surface area (Å²) < 4.78 is 0. The summed E-state index contributed by atoms with van der Waals surface area (Å²) in [7, 11) is 0. The van der Waals surface area contributed by atoms with Crippen molar-refractivity contribution in [1.29, 1.82) is 0 Å². The number of rotatable bonds is 2. The summed E-state index contributed by atoms with van der Waals surface area (Å²) >= 11 is 0. The molecule has 0 aliphatic heterocycles. The molecule has 0 bridgehead atoms. The van der Waals surface area contributed by atoms with E-state index < -0.39 is 24.0 Å². The molecule has 6 nitrogen and oxygen atoms in total. The predicted octanol–water partition coefficient (Wildman–Crippen LogP) is -1.16. The second kappa shape index (κ2) is 6.56. The van der Waals surface area contributed by atoms with Gasteiger partial charge in [-0.2, -0.15) is 0 Å². The number of hydrogen-bond acceptors (Lipinski definition) is 4. The van der Waals surface area contributed by atoms with E-state index in [2.05, 4.69) is 0 Å². The Balaban J connectivity index is 0. The highest BCUT2D eigenvalue weighted by molar-refractivity contribution is 5.72. The molecule has 12 heavy (non-hydrogen) atoms. The Labute approximate surface area is 70.2 Å². The number of carboxylic acids is 2. The fourth-order valence-electron chi connectivity index (χ4n) is 0. The van der Waals surface area contributed by atoms with Crippen molar-refractivity contribution in [3.63, 3.8) is 0 Å². The van der Waals surface area contributed by atoms with Crippen LogP contribution in [0.1, 0.15) is 13.8 Å². The lowest BCUT2D eigenvalue weighted by molar-refractivity contribution is -0.139. The number of nitrogens with two attached hydrogens (primary N) is 2. The Kier molecular flexibility index (Phi) is 7.36. The first-order valence-corrected chi connectivity index (χ1v) is 3.25. The Morgan fingerprint density at radius 1 is 1.00 bits per heavy atom. The van der Waals surface area contributed by atoms with Crippen LogP contribution in [0.2, 0.25) is 0 Å². The molecule has 0 aliphatic rings. The van der Waals surface area contributed by atoms with E-state index in [0.717, 1.165) is 0 Å². The van der Waals surface area contributed by atoms with Gasteiger partial charge in [0.1, 0.15) is 12.1 Å². The van der Waals surface area contributed by atoms with E-state index >= 15 is 0 Å². The normalized spacial score (nSPS) is 13.7. The summed E-state index contributed by atoms with van der Waals surface area (Å²) in [6, 6.07) is -1.46. The van der Waals surface area contributed by atoms with Crippen molar-refractivity contribution in [3.8, 4) is 0 Å². The number of aliphatic carboxylic acids is 2. The summed E-state index contributed by atoms with van der Waals surface area (Å²) in [4.78, 5) is 19.1. The molecule has 0 aromatic rings. The lowest BCUT2D eigenvalue weighted by Crippen LogP contribution is -2.25. The molecule has 0 fully saturated rings. The van der Waals surface area contributed by atoms with E-state index in [0.29, 0.717) is 0 Å². The molecule has 6 heteroatoms. The van der Waals surface area contributed by atoms with Gasteiger partial charge in [-0.25, -0.2) is 0 Å². The molecule has 0 spiro atoms. The molecule has 0 radical (unpaired) electrons. The summed E-state index contributed by atoms with van der Waals surface area (Å²) in [5.74, 6) is -1.93.